The molecule has 0 radical (unpaired) electrons. The molecule has 7 nitrogen and oxygen atoms in total. The van der Waals surface area contributed by atoms with Gasteiger partial charge in [-0.15, -0.1) is 0 Å². The molecule has 3 aromatic rings. The SMILES string of the molecule is Cc1ccc(N2C(=O)CC(N(Cc3ccc4c(c3)OCO4)C(=O)c3ccccc3C)C2=O)cc1. The first-order valence-electron chi connectivity index (χ1n) is 11.1. The monoisotopic (exact) mass is 456 g/mol. The second-order valence-corrected chi connectivity index (χ2v) is 8.56. The Kier molecular flexibility index (Phi) is 5.53. The van der Waals surface area contributed by atoms with Crippen molar-refractivity contribution in [2.24, 2.45) is 0 Å². The van der Waals surface area contributed by atoms with E-state index in [1.165, 1.54) is 9.80 Å². The molecule has 3 aromatic carbocycles. The third-order valence-electron chi connectivity index (χ3n) is 6.22. The van der Waals surface area contributed by atoms with Gasteiger partial charge in [-0.1, -0.05) is 42.0 Å². The molecule has 0 aromatic heterocycles. The van der Waals surface area contributed by atoms with Crippen LogP contribution in [0.1, 0.15) is 33.5 Å². The summed E-state index contributed by atoms with van der Waals surface area (Å²) in [6.45, 7) is 4.08. The van der Waals surface area contributed by atoms with Crippen LogP contribution in [0.5, 0.6) is 11.5 Å². The molecular weight excluding hydrogens is 432 g/mol. The fourth-order valence-corrected chi connectivity index (χ4v) is 4.35. The molecule has 0 bridgehead atoms. The van der Waals surface area contributed by atoms with E-state index in [4.69, 9.17) is 9.47 Å². The highest BCUT2D eigenvalue weighted by Gasteiger charge is 2.44. The summed E-state index contributed by atoms with van der Waals surface area (Å²) in [5.41, 5.74) is 3.61. The van der Waals surface area contributed by atoms with Gasteiger partial charge in [-0.25, -0.2) is 4.90 Å². The van der Waals surface area contributed by atoms with E-state index in [-0.39, 0.29) is 31.6 Å². The van der Waals surface area contributed by atoms with Crippen molar-refractivity contribution in [3.05, 3.63) is 89.0 Å². The number of hydrogen-bond acceptors (Lipinski definition) is 5. The fourth-order valence-electron chi connectivity index (χ4n) is 4.35. The van der Waals surface area contributed by atoms with Gasteiger partial charge in [0.05, 0.1) is 12.1 Å². The van der Waals surface area contributed by atoms with E-state index < -0.39 is 11.9 Å². The standard InChI is InChI=1S/C27H24N2O5/c1-17-7-10-20(11-8-17)29-25(30)14-22(27(29)32)28(26(31)21-6-4-3-5-18(21)2)15-19-9-12-23-24(13-19)34-16-33-23/h3-13,22H,14-16H2,1-2H3. The highest BCUT2D eigenvalue weighted by atomic mass is 16.7. The summed E-state index contributed by atoms with van der Waals surface area (Å²) in [6, 6.07) is 19.0. The smallest absolute Gasteiger partial charge is 0.257 e. The molecule has 2 heterocycles. The molecule has 7 heteroatoms. The van der Waals surface area contributed by atoms with E-state index in [2.05, 4.69) is 0 Å². The molecule has 1 saturated heterocycles. The molecule has 172 valence electrons. The van der Waals surface area contributed by atoms with E-state index in [0.717, 1.165) is 16.7 Å². The summed E-state index contributed by atoms with van der Waals surface area (Å²) >= 11 is 0. The van der Waals surface area contributed by atoms with Crippen molar-refractivity contribution in [1.82, 2.24) is 4.90 Å². The van der Waals surface area contributed by atoms with Crippen molar-refractivity contribution in [1.29, 1.82) is 0 Å². The highest BCUT2D eigenvalue weighted by Crippen LogP contribution is 2.34. The quantitative estimate of drug-likeness (QED) is 0.543. The molecule has 34 heavy (non-hydrogen) atoms. The van der Waals surface area contributed by atoms with Gasteiger partial charge < -0.3 is 14.4 Å². The lowest BCUT2D eigenvalue weighted by molar-refractivity contribution is -0.122. The van der Waals surface area contributed by atoms with Crippen molar-refractivity contribution in [3.63, 3.8) is 0 Å². The van der Waals surface area contributed by atoms with E-state index in [1.54, 1.807) is 36.4 Å². The topological polar surface area (TPSA) is 76.2 Å². The first kappa shape index (κ1) is 21.7. The average molecular weight is 456 g/mol. The summed E-state index contributed by atoms with van der Waals surface area (Å²) in [5, 5.41) is 0. The van der Waals surface area contributed by atoms with Gasteiger partial charge in [-0.3, -0.25) is 14.4 Å². The summed E-state index contributed by atoms with van der Waals surface area (Å²) in [7, 11) is 0. The maximum atomic E-state index is 13.7. The Bertz CT molecular complexity index is 1280. The Labute approximate surface area is 197 Å². The zero-order valence-corrected chi connectivity index (χ0v) is 19.0. The molecular formula is C27H24N2O5. The van der Waals surface area contributed by atoms with Gasteiger partial charge in [0.2, 0.25) is 12.7 Å². The lowest BCUT2D eigenvalue weighted by Gasteiger charge is -2.28. The molecule has 1 unspecified atom stereocenters. The molecule has 2 aliphatic heterocycles. The van der Waals surface area contributed by atoms with Gasteiger partial charge in [0.25, 0.3) is 11.8 Å². The first-order valence-corrected chi connectivity index (χ1v) is 11.1. The van der Waals surface area contributed by atoms with Gasteiger partial charge in [0, 0.05) is 12.1 Å². The minimum atomic E-state index is -0.911. The van der Waals surface area contributed by atoms with E-state index in [0.29, 0.717) is 22.7 Å². The number of rotatable bonds is 5. The van der Waals surface area contributed by atoms with Crippen LogP contribution in [0.2, 0.25) is 0 Å². The minimum absolute atomic E-state index is 0.0745. The highest BCUT2D eigenvalue weighted by molar-refractivity contribution is 6.23. The minimum Gasteiger partial charge on any atom is -0.454 e. The van der Waals surface area contributed by atoms with Crippen LogP contribution in [-0.2, 0) is 16.1 Å². The van der Waals surface area contributed by atoms with Crippen LogP contribution < -0.4 is 14.4 Å². The number of nitrogens with zero attached hydrogens (tertiary/aromatic N) is 2. The van der Waals surface area contributed by atoms with E-state index in [1.807, 2.05) is 44.2 Å². The number of hydrogen-bond donors (Lipinski definition) is 0. The summed E-state index contributed by atoms with van der Waals surface area (Å²) in [5.74, 6) is 0.199. The Balaban J connectivity index is 1.50. The lowest BCUT2D eigenvalue weighted by Crippen LogP contribution is -2.45. The molecule has 0 aliphatic carbocycles. The number of fused-ring (bicyclic) bond motifs is 1. The average Bonchev–Trinajstić information content (AvgIpc) is 3.41. The Morgan fingerprint density at radius 1 is 0.971 bits per heavy atom. The van der Waals surface area contributed by atoms with E-state index in [9.17, 15) is 14.4 Å². The number of amides is 3. The molecule has 0 spiro atoms. The number of carbonyl (C=O) groups excluding carboxylic acids is 3. The number of benzene rings is 3. The second kappa shape index (κ2) is 8.67. The van der Waals surface area contributed by atoms with Gasteiger partial charge in [-0.05, 0) is 55.3 Å². The maximum absolute atomic E-state index is 13.7. The molecule has 5 rings (SSSR count). The predicted molar refractivity (Wildman–Crippen MR) is 126 cm³/mol. The number of ether oxygens (including phenoxy) is 2. The van der Waals surface area contributed by atoms with Gasteiger partial charge in [0.15, 0.2) is 11.5 Å². The number of carbonyl (C=O) groups is 3. The molecule has 1 atom stereocenters. The fraction of sp³-hybridized carbons (Fsp3) is 0.222. The molecule has 0 saturated carbocycles. The number of anilines is 1. The number of aryl methyl sites for hydroxylation is 2. The summed E-state index contributed by atoms with van der Waals surface area (Å²) in [6.07, 6.45) is -0.0745. The molecule has 2 aliphatic rings. The van der Waals surface area contributed by atoms with Crippen molar-refractivity contribution in [2.75, 3.05) is 11.7 Å². The van der Waals surface area contributed by atoms with Crippen molar-refractivity contribution < 1.29 is 23.9 Å². The van der Waals surface area contributed by atoms with Crippen LogP contribution in [-0.4, -0.2) is 35.5 Å². The molecule has 1 fully saturated rings. The zero-order valence-electron chi connectivity index (χ0n) is 19.0. The van der Waals surface area contributed by atoms with Gasteiger partial charge in [0.1, 0.15) is 6.04 Å². The largest absolute Gasteiger partial charge is 0.454 e. The Hall–Kier alpha value is -4.13. The van der Waals surface area contributed by atoms with Crippen LogP contribution in [0, 0.1) is 13.8 Å². The van der Waals surface area contributed by atoms with Crippen LogP contribution in [0.15, 0.2) is 66.7 Å². The van der Waals surface area contributed by atoms with Crippen molar-refractivity contribution in [2.45, 2.75) is 32.9 Å². The normalized spacial score (nSPS) is 16.8. The first-order chi connectivity index (χ1) is 16.4. The van der Waals surface area contributed by atoms with Crippen LogP contribution in [0.25, 0.3) is 0 Å². The number of imide groups is 1. The molecule has 0 N–H and O–H groups in total. The third kappa shape index (κ3) is 3.90. The molecule has 3 amide bonds. The second-order valence-electron chi connectivity index (χ2n) is 8.56. The Morgan fingerprint density at radius 2 is 1.71 bits per heavy atom. The van der Waals surface area contributed by atoms with Crippen LogP contribution in [0.3, 0.4) is 0 Å². The zero-order chi connectivity index (χ0) is 23.8. The van der Waals surface area contributed by atoms with Crippen LogP contribution >= 0.6 is 0 Å². The van der Waals surface area contributed by atoms with Crippen molar-refractivity contribution >= 4 is 23.4 Å². The summed E-state index contributed by atoms with van der Waals surface area (Å²) in [4.78, 5) is 42.9. The van der Waals surface area contributed by atoms with Crippen molar-refractivity contribution in [3.8, 4) is 11.5 Å². The lowest BCUT2D eigenvalue weighted by atomic mass is 10.0. The van der Waals surface area contributed by atoms with Gasteiger partial charge in [-0.2, -0.15) is 0 Å². The van der Waals surface area contributed by atoms with E-state index >= 15 is 0 Å². The van der Waals surface area contributed by atoms with Gasteiger partial charge >= 0.3 is 0 Å². The Morgan fingerprint density at radius 3 is 2.47 bits per heavy atom. The third-order valence-corrected chi connectivity index (χ3v) is 6.22. The predicted octanol–water partition coefficient (Wildman–Crippen LogP) is 4.01. The maximum Gasteiger partial charge on any atom is 0.257 e. The van der Waals surface area contributed by atoms with Crippen LogP contribution in [0.4, 0.5) is 5.69 Å². The summed E-state index contributed by atoms with van der Waals surface area (Å²) < 4.78 is 10.9.